The van der Waals surface area contributed by atoms with E-state index in [1.165, 1.54) is 18.6 Å². The third-order valence-corrected chi connectivity index (χ3v) is 2.50. The minimum Gasteiger partial charge on any atom is -0.462 e. The van der Waals surface area contributed by atoms with Crippen molar-refractivity contribution in [2.45, 2.75) is 26.5 Å². The van der Waals surface area contributed by atoms with Gasteiger partial charge in [0.05, 0.1) is 0 Å². The van der Waals surface area contributed by atoms with E-state index in [0.29, 0.717) is 0 Å². The minimum absolute atomic E-state index is 0.0210. The lowest BCUT2D eigenvalue weighted by molar-refractivity contribution is -0.157. The first-order chi connectivity index (χ1) is 9.54. The summed E-state index contributed by atoms with van der Waals surface area (Å²) in [5.41, 5.74) is 1.50. The van der Waals surface area contributed by atoms with Gasteiger partial charge >= 0.3 is 11.9 Å². The number of nitrogens with zero attached hydrogens (tertiary/aromatic N) is 3. The third kappa shape index (κ3) is 3.78. The lowest BCUT2D eigenvalue weighted by Crippen LogP contribution is -2.29. The van der Waals surface area contributed by atoms with E-state index in [9.17, 15) is 9.59 Å². The molecule has 1 atom stereocenters. The molecule has 20 heavy (non-hydrogen) atoms. The van der Waals surface area contributed by atoms with Crippen LogP contribution in [-0.2, 0) is 25.6 Å². The summed E-state index contributed by atoms with van der Waals surface area (Å²) >= 11 is 0. The van der Waals surface area contributed by atoms with Crippen LogP contribution < -0.4 is 0 Å². The van der Waals surface area contributed by atoms with E-state index in [1.54, 1.807) is 0 Å². The molecule has 0 saturated heterocycles. The van der Waals surface area contributed by atoms with E-state index in [4.69, 9.17) is 9.47 Å². The fourth-order valence-electron chi connectivity index (χ4n) is 1.74. The van der Waals surface area contributed by atoms with Crippen LogP contribution in [0.2, 0.25) is 0 Å². The molecule has 1 heterocycles. The van der Waals surface area contributed by atoms with Gasteiger partial charge in [-0.25, -0.2) is 0 Å². The van der Waals surface area contributed by atoms with Crippen LogP contribution in [0.5, 0.6) is 0 Å². The first kappa shape index (κ1) is 14.0. The lowest BCUT2D eigenvalue weighted by Gasteiger charge is -2.15. The van der Waals surface area contributed by atoms with Gasteiger partial charge in [-0.1, -0.05) is 12.1 Å². The highest BCUT2D eigenvalue weighted by atomic mass is 16.6. The Hall–Kier alpha value is -2.44. The summed E-state index contributed by atoms with van der Waals surface area (Å²) in [5.74, 6) is -0.875. The highest BCUT2D eigenvalue weighted by Gasteiger charge is 2.16. The summed E-state index contributed by atoms with van der Waals surface area (Å²) in [6.45, 7) is 2.80. The Kier molecular flexibility index (Phi) is 4.29. The second-order valence-corrected chi connectivity index (χ2v) is 4.28. The van der Waals surface area contributed by atoms with Crippen LogP contribution >= 0.6 is 0 Å². The van der Waals surface area contributed by atoms with Crippen LogP contribution in [0.25, 0.3) is 11.0 Å². The van der Waals surface area contributed by atoms with Crippen LogP contribution in [0.4, 0.5) is 0 Å². The van der Waals surface area contributed by atoms with Crippen LogP contribution in [0.15, 0.2) is 24.3 Å². The number of ether oxygens (including phenoxy) is 2. The maximum Gasteiger partial charge on any atom is 0.303 e. The van der Waals surface area contributed by atoms with Crippen molar-refractivity contribution in [1.82, 2.24) is 15.0 Å². The van der Waals surface area contributed by atoms with Gasteiger partial charge in [0.2, 0.25) is 0 Å². The monoisotopic (exact) mass is 277 g/mol. The fraction of sp³-hybridized carbons (Fsp3) is 0.385. The fourth-order valence-corrected chi connectivity index (χ4v) is 1.74. The van der Waals surface area contributed by atoms with Crippen LogP contribution in [0.3, 0.4) is 0 Å². The second-order valence-electron chi connectivity index (χ2n) is 4.28. The van der Waals surface area contributed by atoms with Gasteiger partial charge in [-0.2, -0.15) is 15.0 Å². The molecule has 106 valence electrons. The average molecular weight is 277 g/mol. The number of benzene rings is 1. The molecule has 0 amide bonds. The number of rotatable bonds is 5. The van der Waals surface area contributed by atoms with E-state index < -0.39 is 18.0 Å². The number of hydrogen-bond acceptors (Lipinski definition) is 6. The quantitative estimate of drug-likeness (QED) is 0.756. The Morgan fingerprint density at radius 2 is 1.75 bits per heavy atom. The highest BCUT2D eigenvalue weighted by molar-refractivity contribution is 5.73. The van der Waals surface area contributed by atoms with Gasteiger partial charge < -0.3 is 9.47 Å². The van der Waals surface area contributed by atoms with Gasteiger partial charge in [0.25, 0.3) is 0 Å². The molecule has 2 rings (SSSR count). The smallest absolute Gasteiger partial charge is 0.303 e. The van der Waals surface area contributed by atoms with Crippen molar-refractivity contribution in [3.8, 4) is 0 Å². The number of esters is 2. The Morgan fingerprint density at radius 3 is 2.25 bits per heavy atom. The molecule has 0 bridgehead atoms. The average Bonchev–Trinajstić information content (AvgIpc) is 2.77. The number of aromatic nitrogens is 3. The molecule has 0 spiro atoms. The Labute approximate surface area is 115 Å². The van der Waals surface area contributed by atoms with Crippen molar-refractivity contribution >= 4 is 23.0 Å². The molecule has 1 unspecified atom stereocenters. The van der Waals surface area contributed by atoms with E-state index in [2.05, 4.69) is 10.2 Å². The molecule has 1 aromatic heterocycles. The summed E-state index contributed by atoms with van der Waals surface area (Å²) in [7, 11) is 0. The molecule has 7 heteroatoms. The maximum atomic E-state index is 11.0. The molecule has 0 fully saturated rings. The summed E-state index contributed by atoms with van der Waals surface area (Å²) < 4.78 is 9.95. The molecule has 2 aromatic rings. The van der Waals surface area contributed by atoms with Crippen LogP contribution in [0, 0.1) is 0 Å². The molecule has 0 aliphatic heterocycles. The minimum atomic E-state index is -0.613. The Bertz CT molecular complexity index is 590. The molecular formula is C13H15N3O4. The summed E-state index contributed by atoms with van der Waals surface area (Å²) in [6, 6.07) is 7.41. The van der Waals surface area contributed by atoms with Crippen molar-refractivity contribution in [3.63, 3.8) is 0 Å². The van der Waals surface area contributed by atoms with Gasteiger partial charge in [0.1, 0.15) is 24.2 Å². The second kappa shape index (κ2) is 6.14. The molecule has 0 N–H and O–H groups in total. The molecule has 0 saturated carbocycles. The highest BCUT2D eigenvalue weighted by Crippen LogP contribution is 2.08. The summed E-state index contributed by atoms with van der Waals surface area (Å²) in [6.07, 6.45) is -0.613. The van der Waals surface area contributed by atoms with Gasteiger partial charge in [-0.15, -0.1) is 0 Å². The normalized spacial score (nSPS) is 12.1. The zero-order valence-corrected chi connectivity index (χ0v) is 11.3. The standard InChI is InChI=1S/C13H15N3O4/c1-9(17)19-8-11(20-10(2)18)7-16-14-12-5-3-4-6-13(12)15-16/h3-6,11H,7-8H2,1-2H3. The number of carbonyl (C=O) groups excluding carboxylic acids is 2. The number of fused-ring (bicyclic) bond motifs is 1. The van der Waals surface area contributed by atoms with Crippen LogP contribution in [-0.4, -0.2) is 39.6 Å². The number of carbonyl (C=O) groups is 2. The maximum absolute atomic E-state index is 11.0. The van der Waals surface area contributed by atoms with Gasteiger partial charge in [0.15, 0.2) is 6.10 Å². The van der Waals surface area contributed by atoms with E-state index >= 15 is 0 Å². The summed E-state index contributed by atoms with van der Waals surface area (Å²) in [5, 5.41) is 8.52. The zero-order chi connectivity index (χ0) is 14.5. The van der Waals surface area contributed by atoms with Crippen molar-refractivity contribution in [1.29, 1.82) is 0 Å². The zero-order valence-electron chi connectivity index (χ0n) is 11.3. The van der Waals surface area contributed by atoms with Gasteiger partial charge in [0, 0.05) is 13.8 Å². The van der Waals surface area contributed by atoms with Crippen molar-refractivity contribution < 1.29 is 19.1 Å². The predicted octanol–water partition coefficient (Wildman–Crippen LogP) is 0.926. The first-order valence-electron chi connectivity index (χ1n) is 6.15. The van der Waals surface area contributed by atoms with Crippen molar-refractivity contribution in [3.05, 3.63) is 24.3 Å². The third-order valence-electron chi connectivity index (χ3n) is 2.50. The molecule has 0 aliphatic carbocycles. The summed E-state index contributed by atoms with van der Waals surface area (Å²) in [4.78, 5) is 23.3. The first-order valence-corrected chi connectivity index (χ1v) is 6.15. The Morgan fingerprint density at radius 1 is 1.15 bits per heavy atom. The van der Waals surface area contributed by atoms with E-state index in [1.807, 2.05) is 24.3 Å². The lowest BCUT2D eigenvalue weighted by atomic mass is 10.3. The number of hydrogen-bond donors (Lipinski definition) is 0. The van der Waals surface area contributed by atoms with Gasteiger partial charge in [-0.05, 0) is 12.1 Å². The predicted molar refractivity (Wildman–Crippen MR) is 69.7 cm³/mol. The molecule has 0 aliphatic rings. The van der Waals surface area contributed by atoms with Gasteiger partial charge in [-0.3, -0.25) is 9.59 Å². The van der Waals surface area contributed by atoms with E-state index in [-0.39, 0.29) is 13.2 Å². The van der Waals surface area contributed by atoms with E-state index in [0.717, 1.165) is 11.0 Å². The SMILES string of the molecule is CC(=O)OCC(Cn1nc2ccccc2n1)OC(C)=O. The molecule has 7 nitrogen and oxygen atoms in total. The molecule has 1 aromatic carbocycles. The largest absolute Gasteiger partial charge is 0.462 e. The van der Waals surface area contributed by atoms with Crippen molar-refractivity contribution in [2.24, 2.45) is 0 Å². The Balaban J connectivity index is 2.08. The van der Waals surface area contributed by atoms with Crippen LogP contribution in [0.1, 0.15) is 13.8 Å². The van der Waals surface area contributed by atoms with Crippen molar-refractivity contribution in [2.75, 3.05) is 6.61 Å². The topological polar surface area (TPSA) is 83.3 Å². The molecular weight excluding hydrogens is 262 g/mol. The molecule has 0 radical (unpaired) electrons.